The number of hydrogen-bond donors (Lipinski definition) is 2. The number of phenols is 1. The molecule has 0 spiro atoms. The second kappa shape index (κ2) is 9.36. The molecule has 1 aliphatic rings. The van der Waals surface area contributed by atoms with Gasteiger partial charge < -0.3 is 10.4 Å². The first-order chi connectivity index (χ1) is 17.3. The van der Waals surface area contributed by atoms with E-state index >= 15 is 0 Å². The molecule has 0 radical (unpaired) electrons. The predicted molar refractivity (Wildman–Crippen MR) is 138 cm³/mol. The Balaban J connectivity index is 1.66. The van der Waals surface area contributed by atoms with Crippen LogP contribution < -0.4 is 20.2 Å². The Morgan fingerprint density at radius 3 is 2.64 bits per heavy atom. The summed E-state index contributed by atoms with van der Waals surface area (Å²) in [6, 6.07) is 16.1. The number of benzene rings is 2. The van der Waals surface area contributed by atoms with Crippen molar-refractivity contribution < 1.29 is 14.8 Å². The third kappa shape index (κ3) is 4.14. The third-order valence-electron chi connectivity index (χ3n) is 5.64. The van der Waals surface area contributed by atoms with Gasteiger partial charge in [-0.3, -0.25) is 24.3 Å². The number of nitrogens with zero attached hydrogens (tertiary/aromatic N) is 3. The molecule has 36 heavy (non-hydrogen) atoms. The van der Waals surface area contributed by atoms with Crippen molar-refractivity contribution in [1.29, 1.82) is 0 Å². The summed E-state index contributed by atoms with van der Waals surface area (Å²) in [4.78, 5) is 43.3. The fraction of sp³-hybridized carbons (Fsp3) is 0.0800. The summed E-state index contributed by atoms with van der Waals surface area (Å²) in [7, 11) is 0. The van der Waals surface area contributed by atoms with Gasteiger partial charge >= 0.3 is 5.69 Å². The SMILES string of the molecule is CC1=C(C(=O)Nc2ccccc2)[C@H](c2cccs2)n2c(s/c(=C/c3cccc([N+](=O)[O-])c3O)c2=O)=N1. The highest BCUT2D eigenvalue weighted by molar-refractivity contribution is 7.10. The van der Waals surface area contributed by atoms with E-state index in [1.54, 1.807) is 19.1 Å². The van der Waals surface area contributed by atoms with Crippen LogP contribution in [0, 0.1) is 10.1 Å². The maximum Gasteiger partial charge on any atom is 0.311 e. The molecule has 2 aromatic heterocycles. The molecule has 1 aliphatic heterocycles. The molecule has 0 fully saturated rings. The monoisotopic (exact) mass is 518 g/mol. The molecule has 11 heteroatoms. The standard InChI is InChI=1S/C25H18N4O5S2/c1-14-20(23(31)27-16-8-3-2-4-9-16)21(18-11-6-12-35-18)28-24(32)19(36-25(28)26-14)13-15-7-5-10-17(22(15)30)29(33)34/h2-13,21,30H,1H3,(H,27,31)/b19-13+/t21-/m0/s1. The molecular weight excluding hydrogens is 500 g/mol. The van der Waals surface area contributed by atoms with Crippen LogP contribution in [-0.4, -0.2) is 20.5 Å². The number of thiazole rings is 1. The Bertz CT molecular complexity index is 1700. The summed E-state index contributed by atoms with van der Waals surface area (Å²) in [6.07, 6.45) is 1.40. The minimum Gasteiger partial charge on any atom is -0.502 e. The first-order valence-corrected chi connectivity index (χ1v) is 12.4. The van der Waals surface area contributed by atoms with E-state index in [4.69, 9.17) is 0 Å². The molecular formula is C25H18N4O5S2. The molecule has 0 aliphatic carbocycles. The van der Waals surface area contributed by atoms with E-state index in [0.29, 0.717) is 21.8 Å². The van der Waals surface area contributed by atoms with E-state index in [1.807, 2.05) is 35.7 Å². The number of allylic oxidation sites excluding steroid dienone is 1. The molecule has 0 bridgehead atoms. The largest absolute Gasteiger partial charge is 0.502 e. The van der Waals surface area contributed by atoms with E-state index < -0.39 is 28.0 Å². The van der Waals surface area contributed by atoms with E-state index in [2.05, 4.69) is 10.3 Å². The number of anilines is 1. The minimum absolute atomic E-state index is 0.139. The summed E-state index contributed by atoms with van der Waals surface area (Å²) in [6.45, 7) is 1.73. The highest BCUT2D eigenvalue weighted by atomic mass is 32.1. The van der Waals surface area contributed by atoms with Gasteiger partial charge in [0.25, 0.3) is 11.5 Å². The maximum absolute atomic E-state index is 13.6. The first-order valence-electron chi connectivity index (χ1n) is 10.7. The lowest BCUT2D eigenvalue weighted by Gasteiger charge is -2.24. The van der Waals surface area contributed by atoms with Gasteiger partial charge in [0.1, 0.15) is 6.04 Å². The summed E-state index contributed by atoms with van der Waals surface area (Å²) in [5.41, 5.74) is 0.710. The predicted octanol–water partition coefficient (Wildman–Crippen LogP) is 3.55. The number of nitro benzene ring substituents is 1. The van der Waals surface area contributed by atoms with Crippen molar-refractivity contribution in [1.82, 2.24) is 4.57 Å². The first kappa shape index (κ1) is 23.4. The highest BCUT2D eigenvalue weighted by Gasteiger charge is 2.33. The van der Waals surface area contributed by atoms with Gasteiger partial charge in [-0.25, -0.2) is 4.99 Å². The van der Waals surface area contributed by atoms with Crippen LogP contribution in [-0.2, 0) is 4.79 Å². The van der Waals surface area contributed by atoms with E-state index in [9.17, 15) is 24.8 Å². The quantitative estimate of drug-likeness (QED) is 0.309. The Kier molecular flexibility index (Phi) is 6.08. The summed E-state index contributed by atoms with van der Waals surface area (Å²) < 4.78 is 1.69. The third-order valence-corrected chi connectivity index (χ3v) is 7.55. The second-order valence-electron chi connectivity index (χ2n) is 7.89. The van der Waals surface area contributed by atoms with Crippen LogP contribution in [0.2, 0.25) is 0 Å². The summed E-state index contributed by atoms with van der Waals surface area (Å²) in [5, 5.41) is 26.3. The number of nitrogens with one attached hydrogen (secondary N) is 1. The van der Waals surface area contributed by atoms with Gasteiger partial charge in [0.05, 0.1) is 20.7 Å². The van der Waals surface area contributed by atoms with Crippen LogP contribution in [0.25, 0.3) is 6.08 Å². The normalized spacial score (nSPS) is 15.4. The smallest absolute Gasteiger partial charge is 0.311 e. The molecule has 180 valence electrons. The number of nitro groups is 1. The Morgan fingerprint density at radius 2 is 1.94 bits per heavy atom. The number of rotatable bonds is 5. The van der Waals surface area contributed by atoms with Crippen molar-refractivity contribution in [2.75, 3.05) is 5.32 Å². The van der Waals surface area contributed by atoms with Gasteiger partial charge in [-0.15, -0.1) is 11.3 Å². The van der Waals surface area contributed by atoms with Gasteiger partial charge in [0, 0.05) is 22.2 Å². The van der Waals surface area contributed by atoms with Crippen molar-refractivity contribution >= 4 is 46.0 Å². The molecule has 4 aromatic rings. The zero-order valence-electron chi connectivity index (χ0n) is 18.7. The van der Waals surface area contributed by atoms with Crippen LogP contribution >= 0.6 is 22.7 Å². The van der Waals surface area contributed by atoms with Crippen molar-refractivity contribution in [2.24, 2.45) is 4.99 Å². The molecule has 2 N–H and O–H groups in total. The Morgan fingerprint density at radius 1 is 1.17 bits per heavy atom. The number of fused-ring (bicyclic) bond motifs is 1. The van der Waals surface area contributed by atoms with Gasteiger partial charge in [0.15, 0.2) is 4.80 Å². The molecule has 1 atom stereocenters. The number of para-hydroxylation sites is 2. The fourth-order valence-electron chi connectivity index (χ4n) is 4.00. The van der Waals surface area contributed by atoms with Crippen LogP contribution in [0.4, 0.5) is 11.4 Å². The zero-order chi connectivity index (χ0) is 25.4. The highest BCUT2D eigenvalue weighted by Crippen LogP contribution is 2.33. The minimum atomic E-state index is -0.703. The van der Waals surface area contributed by atoms with Crippen molar-refractivity contribution in [2.45, 2.75) is 13.0 Å². The van der Waals surface area contributed by atoms with Gasteiger partial charge in [-0.05, 0) is 36.6 Å². The van der Waals surface area contributed by atoms with Crippen LogP contribution in [0.5, 0.6) is 5.75 Å². The number of aromatic hydroxyl groups is 1. The lowest BCUT2D eigenvalue weighted by molar-refractivity contribution is -0.385. The Hall–Kier alpha value is -4.35. The van der Waals surface area contributed by atoms with Crippen LogP contribution in [0.15, 0.2) is 87.1 Å². The zero-order valence-corrected chi connectivity index (χ0v) is 20.4. The number of thiophene rings is 1. The summed E-state index contributed by atoms with van der Waals surface area (Å²) >= 11 is 2.50. The summed E-state index contributed by atoms with van der Waals surface area (Å²) in [5.74, 6) is -0.895. The number of carbonyl (C=O) groups is 1. The topological polar surface area (TPSA) is 127 Å². The lowest BCUT2D eigenvalue weighted by Crippen LogP contribution is -2.40. The average Bonchev–Trinajstić information content (AvgIpc) is 3.48. The van der Waals surface area contributed by atoms with Crippen molar-refractivity contribution in [3.05, 3.63) is 118 Å². The van der Waals surface area contributed by atoms with Crippen LogP contribution in [0.3, 0.4) is 0 Å². The molecule has 1 amide bonds. The van der Waals surface area contributed by atoms with Gasteiger partial charge in [-0.1, -0.05) is 47.7 Å². The fourth-order valence-corrected chi connectivity index (χ4v) is 5.86. The van der Waals surface area contributed by atoms with Crippen molar-refractivity contribution in [3.63, 3.8) is 0 Å². The number of phenolic OH excluding ortho intramolecular Hbond substituents is 1. The molecule has 0 saturated heterocycles. The average molecular weight is 519 g/mol. The molecule has 2 aromatic carbocycles. The molecule has 0 saturated carbocycles. The molecule has 5 rings (SSSR count). The number of hydrogen-bond acceptors (Lipinski definition) is 8. The molecule has 9 nitrogen and oxygen atoms in total. The molecule has 0 unspecified atom stereocenters. The number of amides is 1. The van der Waals surface area contributed by atoms with Gasteiger partial charge in [-0.2, -0.15) is 0 Å². The molecule has 3 heterocycles. The lowest BCUT2D eigenvalue weighted by atomic mass is 10.0. The van der Waals surface area contributed by atoms with Gasteiger partial charge in [0.2, 0.25) is 5.75 Å². The van der Waals surface area contributed by atoms with Crippen molar-refractivity contribution in [3.8, 4) is 5.75 Å². The van der Waals surface area contributed by atoms with E-state index in [1.165, 1.54) is 40.2 Å². The Labute approximate surface area is 211 Å². The second-order valence-corrected chi connectivity index (χ2v) is 9.88. The number of carbonyl (C=O) groups excluding carboxylic acids is 1. The van der Waals surface area contributed by atoms with E-state index in [0.717, 1.165) is 16.2 Å². The van der Waals surface area contributed by atoms with E-state index in [-0.39, 0.29) is 16.0 Å². The van der Waals surface area contributed by atoms with Crippen LogP contribution in [0.1, 0.15) is 23.4 Å². The maximum atomic E-state index is 13.6. The number of aromatic nitrogens is 1.